The highest BCUT2D eigenvalue weighted by atomic mass is 35.5. The van der Waals surface area contributed by atoms with Crippen molar-refractivity contribution in [1.29, 1.82) is 0 Å². The van der Waals surface area contributed by atoms with Crippen LogP contribution in [0.4, 0.5) is 24.5 Å². The minimum Gasteiger partial charge on any atom is -0.490 e. The zero-order valence-corrected chi connectivity index (χ0v) is 17.1. The van der Waals surface area contributed by atoms with Gasteiger partial charge in [-0.2, -0.15) is 0 Å². The van der Waals surface area contributed by atoms with Gasteiger partial charge < -0.3 is 25.2 Å². The van der Waals surface area contributed by atoms with Crippen LogP contribution in [0.15, 0.2) is 24.3 Å². The summed E-state index contributed by atoms with van der Waals surface area (Å²) in [4.78, 5) is 12.8. The van der Waals surface area contributed by atoms with E-state index in [1.807, 2.05) is 0 Å². The predicted molar refractivity (Wildman–Crippen MR) is 108 cm³/mol. The summed E-state index contributed by atoms with van der Waals surface area (Å²) < 4.78 is 48.1. The van der Waals surface area contributed by atoms with Crippen LogP contribution in [0.25, 0.3) is 0 Å². The van der Waals surface area contributed by atoms with E-state index in [2.05, 4.69) is 5.32 Å². The third-order valence-electron chi connectivity index (χ3n) is 5.69. The molecule has 2 aromatic rings. The molecule has 166 valence electrons. The molecule has 0 saturated carbocycles. The number of aliphatic hydroxyl groups is 2. The molecule has 10 heteroatoms. The molecule has 0 aliphatic carbocycles. The van der Waals surface area contributed by atoms with Crippen LogP contribution in [0.2, 0.25) is 5.02 Å². The van der Waals surface area contributed by atoms with Crippen molar-refractivity contribution in [3.63, 3.8) is 0 Å². The lowest BCUT2D eigenvalue weighted by atomic mass is 9.89. The highest BCUT2D eigenvalue weighted by Crippen LogP contribution is 2.36. The van der Waals surface area contributed by atoms with Crippen molar-refractivity contribution in [3.05, 3.63) is 52.3 Å². The minimum absolute atomic E-state index is 0.0320. The van der Waals surface area contributed by atoms with E-state index in [9.17, 15) is 28.2 Å². The van der Waals surface area contributed by atoms with Crippen LogP contribution < -0.4 is 15.0 Å². The smallest absolute Gasteiger partial charge is 0.224 e. The number of nitrogens with zero attached hydrogens (tertiary/aromatic N) is 1. The van der Waals surface area contributed by atoms with E-state index in [0.29, 0.717) is 5.56 Å². The van der Waals surface area contributed by atoms with Crippen LogP contribution in [0, 0.1) is 17.5 Å². The number of carbonyl (C=O) groups is 1. The second-order valence-electron chi connectivity index (χ2n) is 7.77. The fraction of sp³-hybridized carbons (Fsp3) is 0.381. The van der Waals surface area contributed by atoms with Gasteiger partial charge in [-0.05, 0) is 37.1 Å². The van der Waals surface area contributed by atoms with Crippen molar-refractivity contribution in [1.82, 2.24) is 0 Å². The average molecular weight is 457 g/mol. The third-order valence-corrected chi connectivity index (χ3v) is 5.91. The Morgan fingerprint density at radius 2 is 1.90 bits per heavy atom. The Bertz CT molecular complexity index is 1010. The molecule has 2 aliphatic rings. The van der Waals surface area contributed by atoms with Gasteiger partial charge in [0.05, 0.1) is 5.69 Å². The summed E-state index contributed by atoms with van der Waals surface area (Å²) >= 11 is 5.65. The quantitative estimate of drug-likeness (QED) is 0.659. The first-order valence-electron chi connectivity index (χ1n) is 9.72. The summed E-state index contributed by atoms with van der Waals surface area (Å²) in [5, 5.41) is 23.8. The molecule has 0 bridgehead atoms. The van der Waals surface area contributed by atoms with Crippen LogP contribution in [0.3, 0.4) is 0 Å². The van der Waals surface area contributed by atoms with Crippen LogP contribution in [0.1, 0.15) is 18.4 Å². The largest absolute Gasteiger partial charge is 0.490 e. The number of ether oxygens (including phenoxy) is 1. The van der Waals surface area contributed by atoms with E-state index in [0.717, 1.165) is 18.2 Å². The molecule has 1 saturated heterocycles. The summed E-state index contributed by atoms with van der Waals surface area (Å²) in [6, 6.07) is 4.50. The van der Waals surface area contributed by atoms with E-state index in [4.69, 9.17) is 16.3 Å². The molecule has 2 atom stereocenters. The number of hydrogen-bond acceptors (Lipinski definition) is 5. The first-order chi connectivity index (χ1) is 14.7. The number of benzene rings is 2. The maximum absolute atomic E-state index is 14.2. The van der Waals surface area contributed by atoms with Gasteiger partial charge in [0, 0.05) is 30.1 Å². The van der Waals surface area contributed by atoms with Gasteiger partial charge in [-0.1, -0.05) is 11.6 Å². The summed E-state index contributed by atoms with van der Waals surface area (Å²) in [6.07, 6.45) is -0.951. The molecule has 0 spiro atoms. The van der Waals surface area contributed by atoms with Crippen molar-refractivity contribution < 1.29 is 32.9 Å². The molecule has 2 aliphatic heterocycles. The molecule has 2 aromatic carbocycles. The number of fused-ring (bicyclic) bond motifs is 1. The molecule has 0 unspecified atom stereocenters. The van der Waals surface area contributed by atoms with Gasteiger partial charge in [0.2, 0.25) is 5.91 Å². The Kier molecular flexibility index (Phi) is 5.76. The molecule has 3 N–H and O–H groups in total. The molecule has 2 heterocycles. The van der Waals surface area contributed by atoms with Crippen LogP contribution >= 0.6 is 11.6 Å². The summed E-state index contributed by atoms with van der Waals surface area (Å²) in [5.74, 6) is -2.33. The summed E-state index contributed by atoms with van der Waals surface area (Å²) in [7, 11) is 0. The van der Waals surface area contributed by atoms with Gasteiger partial charge in [0.25, 0.3) is 0 Å². The Morgan fingerprint density at radius 3 is 2.58 bits per heavy atom. The highest BCUT2D eigenvalue weighted by Gasteiger charge is 2.43. The normalized spacial score (nSPS) is 23.4. The fourth-order valence-electron chi connectivity index (χ4n) is 3.94. The van der Waals surface area contributed by atoms with Gasteiger partial charge in [0.15, 0.2) is 11.6 Å². The lowest BCUT2D eigenvalue weighted by Crippen LogP contribution is -2.58. The molecule has 6 nitrogen and oxygen atoms in total. The third kappa shape index (κ3) is 4.17. The van der Waals surface area contributed by atoms with Gasteiger partial charge >= 0.3 is 0 Å². The van der Waals surface area contributed by atoms with E-state index >= 15 is 0 Å². The summed E-state index contributed by atoms with van der Waals surface area (Å²) in [5.41, 5.74) is -1.49. The maximum Gasteiger partial charge on any atom is 0.224 e. The van der Waals surface area contributed by atoms with E-state index < -0.39 is 29.2 Å². The molecule has 1 fully saturated rings. The lowest BCUT2D eigenvalue weighted by Gasteiger charge is -2.42. The van der Waals surface area contributed by atoms with Gasteiger partial charge in [-0.3, -0.25) is 4.79 Å². The van der Waals surface area contributed by atoms with Gasteiger partial charge in [0.1, 0.15) is 35.6 Å². The van der Waals surface area contributed by atoms with Crippen molar-refractivity contribution in [2.45, 2.75) is 31.0 Å². The molecule has 4 rings (SSSR count). The minimum atomic E-state index is -1.69. The Labute approximate surface area is 181 Å². The first-order valence-corrected chi connectivity index (χ1v) is 10.1. The number of hydrogen-bond donors (Lipinski definition) is 3. The van der Waals surface area contributed by atoms with Crippen molar-refractivity contribution in [3.8, 4) is 5.75 Å². The SMILES string of the molecule is O=C1CCc2c(OC[C@@]3(O)CCN(c4c(F)cc(Cl)cc4F)C[C@@H]3O)ccc(F)c2N1. The van der Waals surface area contributed by atoms with Crippen LogP contribution in [0.5, 0.6) is 5.75 Å². The Balaban J connectivity index is 1.48. The second-order valence-corrected chi connectivity index (χ2v) is 8.21. The number of aliphatic hydroxyl groups excluding tert-OH is 1. The number of rotatable bonds is 4. The molecular formula is C21H20ClF3N2O4. The highest BCUT2D eigenvalue weighted by molar-refractivity contribution is 6.30. The molecule has 0 radical (unpaired) electrons. The Morgan fingerprint density at radius 1 is 1.19 bits per heavy atom. The number of piperidine rings is 1. The topological polar surface area (TPSA) is 82.0 Å². The van der Waals surface area contributed by atoms with Gasteiger partial charge in [-0.25, -0.2) is 13.2 Å². The van der Waals surface area contributed by atoms with Crippen LogP contribution in [-0.2, 0) is 11.2 Å². The maximum atomic E-state index is 14.2. The number of β-amino-alcohol motifs (C(OH)–C–C–N with tert-alkyl or cyclic N) is 1. The number of anilines is 2. The average Bonchev–Trinajstić information content (AvgIpc) is 2.70. The molecular weight excluding hydrogens is 437 g/mol. The van der Waals surface area contributed by atoms with Crippen molar-refractivity contribution >= 4 is 28.9 Å². The number of halogens is 4. The monoisotopic (exact) mass is 456 g/mol. The van der Waals surface area contributed by atoms with E-state index in [1.54, 1.807) is 0 Å². The number of amides is 1. The summed E-state index contributed by atoms with van der Waals surface area (Å²) in [6.45, 7) is -0.490. The van der Waals surface area contributed by atoms with E-state index in [-0.39, 0.29) is 67.0 Å². The fourth-order valence-corrected chi connectivity index (χ4v) is 4.13. The number of nitrogens with one attached hydrogen (secondary N) is 1. The molecule has 1 amide bonds. The number of carbonyl (C=O) groups excluding carboxylic acids is 1. The lowest BCUT2D eigenvalue weighted by molar-refractivity contribution is -0.116. The zero-order valence-electron chi connectivity index (χ0n) is 16.3. The van der Waals surface area contributed by atoms with Crippen molar-refractivity contribution in [2.75, 3.05) is 29.9 Å². The molecule has 31 heavy (non-hydrogen) atoms. The standard InChI is InChI=1S/C21H20ClF3N2O4/c22-11-7-14(24)20(15(25)8-11)27-6-5-21(30,17(28)9-27)10-31-16-3-2-13(23)19-12(16)1-4-18(29)26-19/h2-3,7-8,17,28,30H,1,4-6,9-10H2,(H,26,29)/t17-,21-/m0/s1. The molecule has 0 aromatic heterocycles. The zero-order chi connectivity index (χ0) is 22.3. The Hall–Kier alpha value is -2.49. The van der Waals surface area contributed by atoms with E-state index in [1.165, 1.54) is 11.0 Å². The van der Waals surface area contributed by atoms with Gasteiger partial charge in [-0.15, -0.1) is 0 Å². The first kappa shape index (κ1) is 21.7. The van der Waals surface area contributed by atoms with Crippen LogP contribution in [-0.4, -0.2) is 47.5 Å². The van der Waals surface area contributed by atoms with Crippen molar-refractivity contribution in [2.24, 2.45) is 0 Å². The second kappa shape index (κ2) is 8.22. The predicted octanol–water partition coefficient (Wildman–Crippen LogP) is 3.02.